The second-order valence-corrected chi connectivity index (χ2v) is 6.47. The summed E-state index contributed by atoms with van der Waals surface area (Å²) in [6.45, 7) is 1.73. The second kappa shape index (κ2) is 5.80. The highest BCUT2D eigenvalue weighted by atomic mass is 35.5. The summed E-state index contributed by atoms with van der Waals surface area (Å²) in [7, 11) is 0. The number of rotatable bonds is 2. The topological polar surface area (TPSA) is 62.4 Å². The third-order valence-electron chi connectivity index (χ3n) is 4.68. The first-order valence-electron chi connectivity index (χ1n) is 7.47. The number of amides is 2. The zero-order valence-corrected chi connectivity index (χ0v) is 13.6. The van der Waals surface area contributed by atoms with Crippen LogP contribution in [0.25, 0.3) is 0 Å². The van der Waals surface area contributed by atoms with Gasteiger partial charge in [-0.05, 0) is 25.0 Å². The van der Waals surface area contributed by atoms with Crippen LogP contribution in [0.3, 0.4) is 0 Å². The molecule has 0 aromatic heterocycles. The van der Waals surface area contributed by atoms with Crippen LogP contribution in [-0.2, 0) is 5.54 Å². The Bertz CT molecular complexity index is 599. The Labute approximate surface area is 140 Å². The van der Waals surface area contributed by atoms with Gasteiger partial charge in [0.25, 0.3) is 0 Å². The van der Waals surface area contributed by atoms with Crippen LogP contribution in [0, 0.1) is 0 Å². The molecule has 5 nitrogen and oxygen atoms in total. The molecule has 120 valence electrons. The number of carbonyl (C=O) groups excluding carboxylic acids is 1. The van der Waals surface area contributed by atoms with Crippen molar-refractivity contribution in [1.29, 1.82) is 0 Å². The maximum absolute atomic E-state index is 12.0. The average Bonchev–Trinajstić information content (AvgIpc) is 2.85. The summed E-state index contributed by atoms with van der Waals surface area (Å²) >= 11 is 6.32. The zero-order valence-electron chi connectivity index (χ0n) is 12.1. The molecule has 0 bridgehead atoms. The highest BCUT2D eigenvalue weighted by molar-refractivity contribution is 6.34. The minimum atomic E-state index is -0.324. The third kappa shape index (κ3) is 2.41. The van der Waals surface area contributed by atoms with Crippen molar-refractivity contribution in [2.45, 2.75) is 37.3 Å². The van der Waals surface area contributed by atoms with Crippen LogP contribution in [0.5, 0.6) is 5.75 Å². The van der Waals surface area contributed by atoms with E-state index >= 15 is 0 Å². The molecule has 7 heteroatoms. The van der Waals surface area contributed by atoms with Crippen molar-refractivity contribution < 1.29 is 9.53 Å². The molecular formula is C15H19Cl2N3O2. The molecule has 0 unspecified atom stereocenters. The summed E-state index contributed by atoms with van der Waals surface area (Å²) in [5.74, 6) is 0.843. The first-order valence-corrected chi connectivity index (χ1v) is 7.85. The number of anilines is 1. The number of carbonyl (C=O) groups is 1. The van der Waals surface area contributed by atoms with Gasteiger partial charge in [-0.1, -0.05) is 24.4 Å². The molecule has 22 heavy (non-hydrogen) atoms. The lowest BCUT2D eigenvalue weighted by atomic mass is 9.84. The molecule has 4 rings (SSSR count). The van der Waals surface area contributed by atoms with E-state index in [2.05, 4.69) is 16.0 Å². The molecule has 0 radical (unpaired) electrons. The minimum Gasteiger partial charge on any atom is -0.487 e. The van der Waals surface area contributed by atoms with Crippen molar-refractivity contribution in [3.8, 4) is 5.75 Å². The minimum absolute atomic E-state index is 0. The molecule has 0 atom stereocenters. The number of urea groups is 1. The summed E-state index contributed by atoms with van der Waals surface area (Å²) in [5, 5.41) is 9.75. The molecule has 2 fully saturated rings. The van der Waals surface area contributed by atoms with Crippen molar-refractivity contribution in [3.63, 3.8) is 0 Å². The normalized spacial score (nSPS) is 22.1. The SMILES string of the molecule is Cl.O=C1Nc2c(Cl)ccc(OC3CNC3)c2C2(CCCC2)N1. The molecule has 1 aliphatic carbocycles. The van der Waals surface area contributed by atoms with Gasteiger partial charge in [0.05, 0.1) is 16.2 Å². The molecule has 1 aromatic rings. The number of halogens is 2. The summed E-state index contributed by atoms with van der Waals surface area (Å²) in [4.78, 5) is 12.0. The lowest BCUT2D eigenvalue weighted by molar-refractivity contribution is 0.137. The lowest BCUT2D eigenvalue weighted by Gasteiger charge is -2.39. The zero-order chi connectivity index (χ0) is 14.4. The van der Waals surface area contributed by atoms with E-state index in [4.69, 9.17) is 16.3 Å². The van der Waals surface area contributed by atoms with Crippen LogP contribution in [0.1, 0.15) is 31.2 Å². The Morgan fingerprint density at radius 2 is 1.95 bits per heavy atom. The van der Waals surface area contributed by atoms with Gasteiger partial charge in [-0.2, -0.15) is 0 Å². The van der Waals surface area contributed by atoms with Gasteiger partial charge in [0.15, 0.2) is 0 Å². The quantitative estimate of drug-likeness (QED) is 0.773. The Hall–Kier alpha value is -1.17. The Morgan fingerprint density at radius 1 is 1.23 bits per heavy atom. The Balaban J connectivity index is 0.00000144. The van der Waals surface area contributed by atoms with E-state index in [9.17, 15) is 4.79 Å². The molecule has 2 amide bonds. The largest absolute Gasteiger partial charge is 0.487 e. The maximum atomic E-state index is 12.0. The highest BCUT2D eigenvalue weighted by Gasteiger charge is 2.45. The van der Waals surface area contributed by atoms with Crippen molar-refractivity contribution in [1.82, 2.24) is 10.6 Å². The molecule has 1 spiro atoms. The number of benzene rings is 1. The van der Waals surface area contributed by atoms with Crippen LogP contribution in [0.4, 0.5) is 10.5 Å². The molecule has 2 aliphatic heterocycles. The summed E-state index contributed by atoms with van der Waals surface area (Å²) in [5.41, 5.74) is 1.42. The highest BCUT2D eigenvalue weighted by Crippen LogP contribution is 2.50. The third-order valence-corrected chi connectivity index (χ3v) is 5.00. The maximum Gasteiger partial charge on any atom is 0.319 e. The summed E-state index contributed by atoms with van der Waals surface area (Å²) in [6, 6.07) is 3.56. The molecule has 2 heterocycles. The first kappa shape index (κ1) is 15.7. The van der Waals surface area contributed by atoms with E-state index in [0.29, 0.717) is 10.7 Å². The van der Waals surface area contributed by atoms with Gasteiger partial charge in [0.1, 0.15) is 11.9 Å². The van der Waals surface area contributed by atoms with E-state index in [-0.39, 0.29) is 30.1 Å². The van der Waals surface area contributed by atoms with Gasteiger partial charge >= 0.3 is 6.03 Å². The number of ether oxygens (including phenoxy) is 1. The number of hydrogen-bond acceptors (Lipinski definition) is 3. The van der Waals surface area contributed by atoms with E-state index in [0.717, 1.165) is 50.1 Å². The van der Waals surface area contributed by atoms with Gasteiger partial charge in [0.2, 0.25) is 0 Å². The van der Waals surface area contributed by atoms with Crippen molar-refractivity contribution in [3.05, 3.63) is 22.7 Å². The first-order chi connectivity index (χ1) is 10.2. The number of fused-ring (bicyclic) bond motifs is 2. The molecule has 3 aliphatic rings. The van der Waals surface area contributed by atoms with E-state index in [1.54, 1.807) is 6.07 Å². The number of hydrogen-bond donors (Lipinski definition) is 3. The standard InChI is InChI=1S/C15H18ClN3O2.ClH/c16-10-3-4-11(21-9-7-17-8-9)12-13(10)18-14(20)19-15(12)5-1-2-6-15;/h3-4,9,17H,1-2,5-8H2,(H2,18,19,20);1H. The van der Waals surface area contributed by atoms with Gasteiger partial charge in [-0.25, -0.2) is 4.79 Å². The van der Waals surface area contributed by atoms with E-state index in [1.165, 1.54) is 0 Å². The molecule has 1 saturated heterocycles. The van der Waals surface area contributed by atoms with Crippen molar-refractivity contribution >= 4 is 35.7 Å². The monoisotopic (exact) mass is 343 g/mol. The Morgan fingerprint density at radius 3 is 2.59 bits per heavy atom. The smallest absolute Gasteiger partial charge is 0.319 e. The fourth-order valence-corrected chi connectivity index (χ4v) is 3.76. The van der Waals surface area contributed by atoms with Gasteiger partial charge in [-0.15, -0.1) is 12.4 Å². The van der Waals surface area contributed by atoms with Crippen molar-refractivity contribution in [2.75, 3.05) is 18.4 Å². The van der Waals surface area contributed by atoms with E-state index < -0.39 is 0 Å². The average molecular weight is 344 g/mol. The van der Waals surface area contributed by atoms with Crippen LogP contribution in [0.2, 0.25) is 5.02 Å². The molecular weight excluding hydrogens is 325 g/mol. The lowest BCUT2D eigenvalue weighted by Crippen LogP contribution is -2.52. The molecule has 1 aromatic carbocycles. The summed E-state index contributed by atoms with van der Waals surface area (Å²) in [6.07, 6.45) is 4.29. The predicted octanol–water partition coefficient (Wildman–Crippen LogP) is 3.02. The fourth-order valence-electron chi connectivity index (χ4n) is 3.56. The van der Waals surface area contributed by atoms with Crippen LogP contribution >= 0.6 is 24.0 Å². The number of nitrogens with one attached hydrogen (secondary N) is 3. The molecule has 3 N–H and O–H groups in total. The van der Waals surface area contributed by atoms with Crippen LogP contribution in [-0.4, -0.2) is 25.2 Å². The van der Waals surface area contributed by atoms with E-state index in [1.807, 2.05) is 6.07 Å². The van der Waals surface area contributed by atoms with Crippen LogP contribution < -0.4 is 20.7 Å². The molecule has 1 saturated carbocycles. The predicted molar refractivity (Wildman–Crippen MR) is 88.3 cm³/mol. The van der Waals surface area contributed by atoms with Gasteiger partial charge < -0.3 is 20.7 Å². The Kier molecular flexibility index (Phi) is 4.14. The van der Waals surface area contributed by atoms with Gasteiger partial charge in [-0.3, -0.25) is 0 Å². The van der Waals surface area contributed by atoms with Crippen molar-refractivity contribution in [2.24, 2.45) is 0 Å². The van der Waals surface area contributed by atoms with Gasteiger partial charge in [0, 0.05) is 18.7 Å². The second-order valence-electron chi connectivity index (χ2n) is 6.06. The fraction of sp³-hybridized carbons (Fsp3) is 0.533. The van der Waals surface area contributed by atoms with Crippen LogP contribution in [0.15, 0.2) is 12.1 Å². The summed E-state index contributed by atoms with van der Waals surface area (Å²) < 4.78 is 6.11.